The van der Waals surface area contributed by atoms with Gasteiger partial charge in [-0.15, -0.1) is 0 Å². The minimum Gasteiger partial charge on any atom is -0.494 e. The lowest BCUT2D eigenvalue weighted by Gasteiger charge is -2.21. The van der Waals surface area contributed by atoms with Gasteiger partial charge in [0.1, 0.15) is 0 Å². The van der Waals surface area contributed by atoms with Gasteiger partial charge in [-0.1, -0.05) is 6.07 Å². The van der Waals surface area contributed by atoms with Gasteiger partial charge in [0.2, 0.25) is 11.8 Å². The number of carbonyl (C=O) groups is 2. The van der Waals surface area contributed by atoms with E-state index in [9.17, 15) is 14.0 Å². The number of halogens is 1. The zero-order valence-corrected chi connectivity index (χ0v) is 13.7. The Hall–Kier alpha value is -2.11. The molecule has 0 spiro atoms. The molecule has 0 N–H and O–H groups in total. The van der Waals surface area contributed by atoms with Crippen molar-refractivity contribution in [1.29, 1.82) is 0 Å². The molecular weight excluding hydrogens is 299 g/mol. The van der Waals surface area contributed by atoms with E-state index in [2.05, 4.69) is 0 Å². The SMILES string of the molecule is COc1ccc(CCC(=O)N2CCCN(C(C)=O)CC2)cc1F. The Kier molecular flexibility index (Phi) is 5.96. The van der Waals surface area contributed by atoms with Gasteiger partial charge in [-0.25, -0.2) is 4.39 Å². The van der Waals surface area contributed by atoms with E-state index in [0.29, 0.717) is 39.0 Å². The van der Waals surface area contributed by atoms with E-state index in [1.165, 1.54) is 13.2 Å². The number of benzene rings is 1. The number of hydrogen-bond donors (Lipinski definition) is 0. The first-order valence-electron chi connectivity index (χ1n) is 7.87. The van der Waals surface area contributed by atoms with Crippen LogP contribution in [0.4, 0.5) is 4.39 Å². The lowest BCUT2D eigenvalue weighted by Crippen LogP contribution is -2.36. The molecule has 0 aromatic heterocycles. The number of rotatable bonds is 4. The van der Waals surface area contributed by atoms with Crippen molar-refractivity contribution >= 4 is 11.8 Å². The van der Waals surface area contributed by atoms with Crippen LogP contribution in [0.25, 0.3) is 0 Å². The van der Waals surface area contributed by atoms with Crippen molar-refractivity contribution in [2.24, 2.45) is 0 Å². The summed E-state index contributed by atoms with van der Waals surface area (Å²) in [5, 5.41) is 0. The molecule has 0 unspecified atom stereocenters. The molecule has 1 saturated heterocycles. The predicted molar refractivity (Wildman–Crippen MR) is 84.7 cm³/mol. The fourth-order valence-electron chi connectivity index (χ4n) is 2.76. The zero-order chi connectivity index (χ0) is 16.8. The summed E-state index contributed by atoms with van der Waals surface area (Å²) in [7, 11) is 1.42. The van der Waals surface area contributed by atoms with Crippen LogP contribution in [0.1, 0.15) is 25.3 Å². The van der Waals surface area contributed by atoms with Crippen LogP contribution in [0.5, 0.6) is 5.75 Å². The predicted octanol–water partition coefficient (Wildman–Crippen LogP) is 1.85. The third-order valence-electron chi connectivity index (χ3n) is 4.14. The smallest absolute Gasteiger partial charge is 0.222 e. The summed E-state index contributed by atoms with van der Waals surface area (Å²) in [6.45, 7) is 4.06. The summed E-state index contributed by atoms with van der Waals surface area (Å²) < 4.78 is 18.5. The van der Waals surface area contributed by atoms with E-state index in [0.717, 1.165) is 12.0 Å². The highest BCUT2D eigenvalue weighted by atomic mass is 19.1. The first-order valence-corrected chi connectivity index (χ1v) is 7.87. The summed E-state index contributed by atoms with van der Waals surface area (Å²) in [5.74, 6) is -0.110. The number of nitrogens with zero attached hydrogens (tertiary/aromatic N) is 2. The zero-order valence-electron chi connectivity index (χ0n) is 13.7. The molecule has 0 aliphatic carbocycles. The fraction of sp³-hybridized carbons (Fsp3) is 0.529. The summed E-state index contributed by atoms with van der Waals surface area (Å²) in [6, 6.07) is 4.76. The molecule has 1 heterocycles. The first-order chi connectivity index (χ1) is 11.0. The molecule has 1 aliphatic heterocycles. The Labute approximate surface area is 136 Å². The standard InChI is InChI=1S/C17H23FN2O3/c1-13(21)19-8-3-9-20(11-10-19)17(22)7-5-14-4-6-16(23-2)15(18)12-14/h4,6,12H,3,5,7-11H2,1-2H3. The molecule has 2 amide bonds. The monoisotopic (exact) mass is 322 g/mol. The number of aryl methyl sites for hydroxylation is 1. The Morgan fingerprint density at radius 1 is 1.17 bits per heavy atom. The molecule has 5 nitrogen and oxygen atoms in total. The van der Waals surface area contributed by atoms with Crippen LogP contribution in [0.2, 0.25) is 0 Å². The topological polar surface area (TPSA) is 49.9 Å². The maximum atomic E-state index is 13.6. The van der Waals surface area contributed by atoms with Crippen molar-refractivity contribution in [3.63, 3.8) is 0 Å². The maximum Gasteiger partial charge on any atom is 0.222 e. The molecule has 1 fully saturated rings. The second-order valence-corrected chi connectivity index (χ2v) is 5.71. The lowest BCUT2D eigenvalue weighted by atomic mass is 10.1. The largest absolute Gasteiger partial charge is 0.494 e. The highest BCUT2D eigenvalue weighted by Gasteiger charge is 2.20. The van der Waals surface area contributed by atoms with Gasteiger partial charge in [0.05, 0.1) is 7.11 Å². The van der Waals surface area contributed by atoms with Crippen LogP contribution in [0.15, 0.2) is 18.2 Å². The summed E-state index contributed by atoms with van der Waals surface area (Å²) in [4.78, 5) is 27.3. The van der Waals surface area contributed by atoms with Crippen LogP contribution < -0.4 is 4.74 Å². The third-order valence-corrected chi connectivity index (χ3v) is 4.14. The normalized spacial score (nSPS) is 15.3. The van der Waals surface area contributed by atoms with E-state index < -0.39 is 5.82 Å². The highest BCUT2D eigenvalue weighted by molar-refractivity contribution is 5.77. The minimum atomic E-state index is -0.413. The van der Waals surface area contributed by atoms with Crippen LogP contribution >= 0.6 is 0 Å². The van der Waals surface area contributed by atoms with Gasteiger partial charge in [-0.3, -0.25) is 9.59 Å². The van der Waals surface area contributed by atoms with Gasteiger partial charge in [0.15, 0.2) is 11.6 Å². The molecule has 23 heavy (non-hydrogen) atoms. The Morgan fingerprint density at radius 2 is 1.87 bits per heavy atom. The van der Waals surface area contributed by atoms with Crippen molar-refractivity contribution < 1.29 is 18.7 Å². The maximum absolute atomic E-state index is 13.6. The number of hydrogen-bond acceptors (Lipinski definition) is 3. The molecular formula is C17H23FN2O3. The van der Waals surface area contributed by atoms with Crippen LogP contribution in [-0.2, 0) is 16.0 Å². The summed E-state index contributed by atoms with van der Waals surface area (Å²) >= 11 is 0. The minimum absolute atomic E-state index is 0.0478. The van der Waals surface area contributed by atoms with Gasteiger partial charge in [-0.05, 0) is 30.5 Å². The van der Waals surface area contributed by atoms with Crippen molar-refractivity contribution in [1.82, 2.24) is 9.80 Å². The van der Waals surface area contributed by atoms with Gasteiger partial charge in [-0.2, -0.15) is 0 Å². The van der Waals surface area contributed by atoms with Gasteiger partial charge < -0.3 is 14.5 Å². The molecule has 0 atom stereocenters. The lowest BCUT2D eigenvalue weighted by molar-refractivity contribution is -0.132. The first kappa shape index (κ1) is 17.2. The molecule has 0 saturated carbocycles. The molecule has 1 aromatic carbocycles. The number of methoxy groups -OCH3 is 1. The number of amides is 2. The third kappa shape index (κ3) is 4.68. The average molecular weight is 322 g/mol. The van der Waals surface area contributed by atoms with Crippen molar-refractivity contribution in [2.45, 2.75) is 26.2 Å². The fourth-order valence-corrected chi connectivity index (χ4v) is 2.76. The van der Waals surface area contributed by atoms with E-state index in [4.69, 9.17) is 4.74 Å². The van der Waals surface area contributed by atoms with Gasteiger partial charge in [0.25, 0.3) is 0 Å². The van der Waals surface area contributed by atoms with Crippen LogP contribution in [-0.4, -0.2) is 54.9 Å². The quantitative estimate of drug-likeness (QED) is 0.850. The Bertz CT molecular complexity index is 577. The molecule has 126 valence electrons. The van der Waals surface area contributed by atoms with E-state index in [1.807, 2.05) is 0 Å². The Balaban J connectivity index is 1.87. The molecule has 0 radical (unpaired) electrons. The molecule has 1 aromatic rings. The second-order valence-electron chi connectivity index (χ2n) is 5.71. The van der Waals surface area contributed by atoms with E-state index in [1.54, 1.807) is 28.9 Å². The van der Waals surface area contributed by atoms with Crippen molar-refractivity contribution in [2.75, 3.05) is 33.3 Å². The van der Waals surface area contributed by atoms with E-state index in [-0.39, 0.29) is 17.6 Å². The van der Waals surface area contributed by atoms with Crippen LogP contribution in [0.3, 0.4) is 0 Å². The number of carbonyl (C=O) groups excluding carboxylic acids is 2. The van der Waals surface area contributed by atoms with E-state index >= 15 is 0 Å². The number of ether oxygens (including phenoxy) is 1. The molecule has 1 aliphatic rings. The molecule has 2 rings (SSSR count). The Morgan fingerprint density at radius 3 is 2.52 bits per heavy atom. The second kappa shape index (κ2) is 7.94. The van der Waals surface area contributed by atoms with Crippen molar-refractivity contribution in [3.8, 4) is 5.75 Å². The summed E-state index contributed by atoms with van der Waals surface area (Å²) in [6.07, 6.45) is 1.63. The highest BCUT2D eigenvalue weighted by Crippen LogP contribution is 2.18. The average Bonchev–Trinajstić information content (AvgIpc) is 2.79. The molecule has 0 bridgehead atoms. The van der Waals surface area contributed by atoms with Gasteiger partial charge >= 0.3 is 0 Å². The van der Waals surface area contributed by atoms with Crippen molar-refractivity contribution in [3.05, 3.63) is 29.6 Å². The van der Waals surface area contributed by atoms with Crippen LogP contribution in [0, 0.1) is 5.82 Å². The van der Waals surface area contributed by atoms with Gasteiger partial charge in [0, 0.05) is 39.5 Å². The molecule has 6 heteroatoms. The summed E-state index contributed by atoms with van der Waals surface area (Å²) in [5.41, 5.74) is 0.775.